The van der Waals surface area contributed by atoms with E-state index < -0.39 is 16.9 Å². The fourth-order valence-corrected chi connectivity index (χ4v) is 0.956. The molecule has 0 aliphatic carbocycles. The Balaban J connectivity index is 3.11. The first kappa shape index (κ1) is 9.34. The molecule has 0 bridgehead atoms. The van der Waals surface area contributed by atoms with Crippen molar-refractivity contribution in [3.8, 4) is 0 Å². The van der Waals surface area contributed by atoms with Crippen molar-refractivity contribution in [1.82, 2.24) is 10.2 Å². The molecule has 0 saturated carbocycles. The SMILES string of the molecule is NCc1[nH]nc(C(F)(F)F)c1Cl. The van der Waals surface area contributed by atoms with Gasteiger partial charge in [-0.15, -0.1) is 0 Å². The number of aromatic nitrogens is 2. The number of nitrogens with one attached hydrogen (secondary N) is 1. The Hall–Kier alpha value is -0.750. The number of alkyl halides is 3. The summed E-state index contributed by atoms with van der Waals surface area (Å²) in [6.07, 6.45) is -4.53. The van der Waals surface area contributed by atoms with Gasteiger partial charge in [0.25, 0.3) is 0 Å². The van der Waals surface area contributed by atoms with E-state index in [1.807, 2.05) is 0 Å². The van der Waals surface area contributed by atoms with Crippen molar-refractivity contribution in [3.05, 3.63) is 16.4 Å². The van der Waals surface area contributed by atoms with E-state index in [-0.39, 0.29) is 12.2 Å². The van der Waals surface area contributed by atoms with Gasteiger partial charge < -0.3 is 5.73 Å². The van der Waals surface area contributed by atoms with Crippen LogP contribution in [0.3, 0.4) is 0 Å². The van der Waals surface area contributed by atoms with Crippen LogP contribution in [0.5, 0.6) is 0 Å². The van der Waals surface area contributed by atoms with E-state index in [1.54, 1.807) is 0 Å². The average molecular weight is 200 g/mol. The van der Waals surface area contributed by atoms with E-state index in [0.717, 1.165) is 0 Å². The molecule has 3 nitrogen and oxygen atoms in total. The largest absolute Gasteiger partial charge is 0.436 e. The van der Waals surface area contributed by atoms with Crippen LogP contribution < -0.4 is 5.73 Å². The maximum atomic E-state index is 12.0. The van der Waals surface area contributed by atoms with Gasteiger partial charge in [0.2, 0.25) is 0 Å². The van der Waals surface area contributed by atoms with E-state index >= 15 is 0 Å². The number of nitrogens with two attached hydrogens (primary N) is 1. The molecule has 1 heterocycles. The Bertz CT molecular complexity index is 280. The maximum Gasteiger partial charge on any atom is 0.436 e. The first-order valence-corrected chi connectivity index (χ1v) is 3.34. The molecule has 1 aromatic heterocycles. The molecular weight excluding hydrogens is 195 g/mol. The summed E-state index contributed by atoms with van der Waals surface area (Å²) in [6.45, 7) is -0.0953. The van der Waals surface area contributed by atoms with E-state index in [9.17, 15) is 13.2 Å². The zero-order chi connectivity index (χ0) is 9.35. The quantitative estimate of drug-likeness (QED) is 0.721. The fourth-order valence-electron chi connectivity index (χ4n) is 0.688. The lowest BCUT2D eigenvalue weighted by Crippen LogP contribution is -2.06. The third-order valence-corrected chi connectivity index (χ3v) is 1.66. The van der Waals surface area contributed by atoms with Gasteiger partial charge in [-0.1, -0.05) is 11.6 Å². The number of halogens is 4. The third kappa shape index (κ3) is 1.54. The van der Waals surface area contributed by atoms with Crippen LogP contribution in [0, 0.1) is 0 Å². The molecule has 0 amide bonds. The van der Waals surface area contributed by atoms with E-state index in [0.29, 0.717) is 0 Å². The zero-order valence-electron chi connectivity index (χ0n) is 5.74. The lowest BCUT2D eigenvalue weighted by molar-refractivity contribution is -0.141. The Morgan fingerprint density at radius 2 is 2.08 bits per heavy atom. The van der Waals surface area contributed by atoms with Gasteiger partial charge in [-0.05, 0) is 0 Å². The monoisotopic (exact) mass is 199 g/mol. The van der Waals surface area contributed by atoms with Gasteiger partial charge in [-0.3, -0.25) is 5.10 Å². The summed E-state index contributed by atoms with van der Waals surface area (Å²) in [6, 6.07) is 0. The summed E-state index contributed by atoms with van der Waals surface area (Å²) >= 11 is 5.32. The minimum Gasteiger partial charge on any atom is -0.325 e. The number of aromatic amines is 1. The summed E-state index contributed by atoms with van der Waals surface area (Å²) < 4.78 is 36.0. The summed E-state index contributed by atoms with van der Waals surface area (Å²) in [7, 11) is 0. The van der Waals surface area contributed by atoms with Gasteiger partial charge in [0.1, 0.15) is 0 Å². The van der Waals surface area contributed by atoms with Gasteiger partial charge >= 0.3 is 6.18 Å². The lowest BCUT2D eigenvalue weighted by Gasteiger charge is -2.01. The van der Waals surface area contributed by atoms with Gasteiger partial charge in [0.05, 0.1) is 10.7 Å². The van der Waals surface area contributed by atoms with Crippen molar-refractivity contribution in [2.45, 2.75) is 12.7 Å². The van der Waals surface area contributed by atoms with Crippen LogP contribution in [0.2, 0.25) is 5.02 Å². The first-order chi connectivity index (χ1) is 5.46. The Labute approximate surface area is 70.7 Å². The number of hydrogen-bond donors (Lipinski definition) is 2. The number of H-pyrrole nitrogens is 1. The normalized spacial score (nSPS) is 12.1. The van der Waals surface area contributed by atoms with Crippen LogP contribution in [-0.2, 0) is 12.7 Å². The molecule has 7 heteroatoms. The summed E-state index contributed by atoms with van der Waals surface area (Å²) in [4.78, 5) is 0. The smallest absolute Gasteiger partial charge is 0.325 e. The minimum absolute atomic E-state index is 0.0870. The molecule has 0 aliphatic heterocycles. The van der Waals surface area contributed by atoms with Gasteiger partial charge in [-0.2, -0.15) is 18.3 Å². The molecule has 0 saturated heterocycles. The van der Waals surface area contributed by atoms with E-state index in [4.69, 9.17) is 17.3 Å². The molecule has 0 fully saturated rings. The predicted octanol–water partition coefficient (Wildman–Crippen LogP) is 1.54. The molecule has 12 heavy (non-hydrogen) atoms. The molecule has 0 unspecified atom stereocenters. The highest BCUT2D eigenvalue weighted by molar-refractivity contribution is 6.31. The number of hydrogen-bond acceptors (Lipinski definition) is 2. The van der Waals surface area contributed by atoms with Gasteiger partial charge in [0.15, 0.2) is 5.69 Å². The van der Waals surface area contributed by atoms with Crippen LogP contribution >= 0.6 is 11.6 Å². The summed E-state index contributed by atoms with van der Waals surface area (Å²) in [5, 5.41) is 4.65. The van der Waals surface area contributed by atoms with Crippen molar-refractivity contribution in [3.63, 3.8) is 0 Å². The molecule has 68 valence electrons. The molecule has 1 aromatic rings. The van der Waals surface area contributed by atoms with Crippen LogP contribution in [0.4, 0.5) is 13.2 Å². The van der Waals surface area contributed by atoms with Crippen LogP contribution in [0.15, 0.2) is 0 Å². The second-order valence-corrected chi connectivity index (χ2v) is 2.44. The molecule has 0 aromatic carbocycles. The zero-order valence-corrected chi connectivity index (χ0v) is 6.50. The molecule has 3 N–H and O–H groups in total. The second-order valence-electron chi connectivity index (χ2n) is 2.07. The number of nitrogens with zero attached hydrogens (tertiary/aromatic N) is 1. The molecule has 0 spiro atoms. The molecule has 1 rings (SSSR count). The first-order valence-electron chi connectivity index (χ1n) is 2.96. The van der Waals surface area contributed by atoms with Gasteiger partial charge in [0, 0.05) is 6.54 Å². The van der Waals surface area contributed by atoms with E-state index in [2.05, 4.69) is 10.2 Å². The highest BCUT2D eigenvalue weighted by Gasteiger charge is 2.37. The summed E-state index contributed by atoms with van der Waals surface area (Å²) in [5.41, 5.74) is 4.05. The van der Waals surface area contributed by atoms with Crippen molar-refractivity contribution in [1.29, 1.82) is 0 Å². The minimum atomic E-state index is -4.53. The van der Waals surface area contributed by atoms with E-state index in [1.165, 1.54) is 0 Å². The van der Waals surface area contributed by atoms with Crippen LogP contribution in [-0.4, -0.2) is 10.2 Å². The predicted molar refractivity (Wildman–Crippen MR) is 36.5 cm³/mol. The molecule has 0 atom stereocenters. The van der Waals surface area contributed by atoms with Crippen molar-refractivity contribution >= 4 is 11.6 Å². The number of rotatable bonds is 1. The van der Waals surface area contributed by atoms with Crippen LogP contribution in [0.25, 0.3) is 0 Å². The Morgan fingerprint density at radius 1 is 1.50 bits per heavy atom. The summed E-state index contributed by atoms with van der Waals surface area (Å²) in [5.74, 6) is 0. The average Bonchev–Trinajstić information content (AvgIpc) is 2.29. The Morgan fingerprint density at radius 3 is 2.33 bits per heavy atom. The van der Waals surface area contributed by atoms with Gasteiger partial charge in [-0.25, -0.2) is 0 Å². The topological polar surface area (TPSA) is 54.7 Å². The maximum absolute atomic E-state index is 12.0. The standard InChI is InChI=1S/C5H5ClF3N3/c6-3-2(1-10)11-12-4(3)5(7,8)9/h1,10H2,(H,11,12). The molecular formula is C5H5ClF3N3. The highest BCUT2D eigenvalue weighted by Crippen LogP contribution is 2.34. The van der Waals surface area contributed by atoms with Crippen LogP contribution in [0.1, 0.15) is 11.4 Å². The van der Waals surface area contributed by atoms with Crippen molar-refractivity contribution < 1.29 is 13.2 Å². The highest BCUT2D eigenvalue weighted by atomic mass is 35.5. The molecule has 0 radical (unpaired) electrons. The van der Waals surface area contributed by atoms with Crippen molar-refractivity contribution in [2.75, 3.05) is 0 Å². The second kappa shape index (κ2) is 2.95. The Kier molecular flexibility index (Phi) is 2.29. The third-order valence-electron chi connectivity index (χ3n) is 1.25. The fraction of sp³-hybridized carbons (Fsp3) is 0.400. The van der Waals surface area contributed by atoms with Crippen molar-refractivity contribution in [2.24, 2.45) is 5.73 Å². The lowest BCUT2D eigenvalue weighted by atomic mass is 10.3. The molecule has 0 aliphatic rings.